The highest BCUT2D eigenvalue weighted by Crippen LogP contribution is 2.29. The molecule has 0 amide bonds. The average molecular weight is 310 g/mol. The van der Waals surface area contributed by atoms with Gasteiger partial charge in [-0.3, -0.25) is 0 Å². The van der Waals surface area contributed by atoms with Crippen molar-refractivity contribution in [3.05, 3.63) is 17.3 Å². The fourth-order valence-electron chi connectivity index (χ4n) is 2.23. The molecular weight excluding hydrogens is 294 g/mol. The van der Waals surface area contributed by atoms with Crippen molar-refractivity contribution in [3.63, 3.8) is 0 Å². The van der Waals surface area contributed by atoms with E-state index in [0.29, 0.717) is 35.5 Å². The van der Waals surface area contributed by atoms with Gasteiger partial charge in [0.25, 0.3) is 0 Å². The van der Waals surface area contributed by atoms with Crippen molar-refractivity contribution in [1.29, 1.82) is 0 Å². The van der Waals surface area contributed by atoms with Gasteiger partial charge in [0.05, 0.1) is 31.5 Å². The van der Waals surface area contributed by atoms with Crippen LogP contribution in [0.25, 0.3) is 11.4 Å². The van der Waals surface area contributed by atoms with Gasteiger partial charge in [0.15, 0.2) is 5.82 Å². The maximum absolute atomic E-state index is 6.19. The molecule has 2 aromatic heterocycles. The molecule has 0 unspecified atom stereocenters. The van der Waals surface area contributed by atoms with Gasteiger partial charge < -0.3 is 14.4 Å². The van der Waals surface area contributed by atoms with E-state index in [4.69, 9.17) is 21.1 Å². The molecule has 0 aromatic carbocycles. The summed E-state index contributed by atoms with van der Waals surface area (Å²) < 4.78 is 12.2. The van der Waals surface area contributed by atoms with Crippen LogP contribution in [0.2, 0.25) is 5.02 Å². The summed E-state index contributed by atoms with van der Waals surface area (Å²) in [4.78, 5) is 10.8. The van der Waals surface area contributed by atoms with Gasteiger partial charge in [0.1, 0.15) is 0 Å². The zero-order valence-corrected chi connectivity index (χ0v) is 12.7. The van der Waals surface area contributed by atoms with E-state index in [9.17, 15) is 0 Å². The lowest BCUT2D eigenvalue weighted by Gasteiger charge is -2.26. The molecule has 0 atom stereocenters. The topological polar surface area (TPSA) is 65.3 Å². The van der Waals surface area contributed by atoms with Crippen LogP contribution in [0.15, 0.2) is 12.3 Å². The Morgan fingerprint density at radius 3 is 2.81 bits per heavy atom. The molecule has 0 spiro atoms. The first-order valence-corrected chi connectivity index (χ1v) is 7.00. The Hall–Kier alpha value is -1.86. The summed E-state index contributed by atoms with van der Waals surface area (Å²) in [6, 6.07) is 1.74. The number of hydrogen-bond acceptors (Lipinski definition) is 6. The van der Waals surface area contributed by atoms with E-state index in [1.165, 1.54) is 0 Å². The van der Waals surface area contributed by atoms with E-state index in [-0.39, 0.29) is 0 Å². The van der Waals surface area contributed by atoms with Crippen LogP contribution in [0.1, 0.15) is 0 Å². The lowest BCUT2D eigenvalue weighted by molar-refractivity contribution is 0.121. The van der Waals surface area contributed by atoms with Crippen molar-refractivity contribution in [1.82, 2.24) is 19.7 Å². The Bertz CT molecular complexity index is 639. The first-order valence-electron chi connectivity index (χ1n) is 6.62. The third-order valence-corrected chi connectivity index (χ3v) is 3.62. The van der Waals surface area contributed by atoms with Gasteiger partial charge in [-0.25, -0.2) is 9.67 Å². The Morgan fingerprint density at radius 1 is 1.33 bits per heavy atom. The molecule has 2 aromatic rings. The summed E-state index contributed by atoms with van der Waals surface area (Å²) in [5.74, 6) is 1.85. The highest BCUT2D eigenvalue weighted by Gasteiger charge is 2.19. The maximum atomic E-state index is 6.19. The number of nitrogens with zero attached hydrogens (tertiary/aromatic N) is 5. The molecule has 7 nitrogen and oxygen atoms in total. The van der Waals surface area contributed by atoms with Crippen LogP contribution < -0.4 is 9.64 Å². The standard InChI is InChI=1S/C13H16ClN5O2/c1-18-13(19-3-5-21-6-4-19)16-12(17-18)9-7-11(20-2)15-8-10(9)14/h7-8H,3-6H2,1-2H3. The predicted molar refractivity (Wildman–Crippen MR) is 78.8 cm³/mol. The maximum Gasteiger partial charge on any atom is 0.224 e. The summed E-state index contributed by atoms with van der Waals surface area (Å²) in [7, 11) is 3.43. The second-order valence-corrected chi connectivity index (χ2v) is 5.07. The van der Waals surface area contributed by atoms with E-state index in [1.807, 2.05) is 7.05 Å². The SMILES string of the molecule is COc1cc(-c2nc(N3CCOCC3)n(C)n2)c(Cl)cn1. The molecule has 21 heavy (non-hydrogen) atoms. The number of aryl methyl sites for hydroxylation is 1. The van der Waals surface area contributed by atoms with Crippen LogP contribution in [0.4, 0.5) is 5.95 Å². The summed E-state index contributed by atoms with van der Waals surface area (Å²) in [5.41, 5.74) is 0.707. The molecule has 3 rings (SSSR count). The molecule has 112 valence electrons. The van der Waals surface area contributed by atoms with Crippen molar-refractivity contribution in [3.8, 4) is 17.3 Å². The van der Waals surface area contributed by atoms with Crippen molar-refractivity contribution < 1.29 is 9.47 Å². The molecule has 1 fully saturated rings. The van der Waals surface area contributed by atoms with Crippen LogP contribution >= 0.6 is 11.6 Å². The second kappa shape index (κ2) is 5.87. The predicted octanol–water partition coefficient (Wildman–Crippen LogP) is 1.38. The van der Waals surface area contributed by atoms with Gasteiger partial charge in [-0.1, -0.05) is 11.6 Å². The molecule has 0 radical (unpaired) electrons. The van der Waals surface area contributed by atoms with E-state index in [2.05, 4.69) is 20.0 Å². The zero-order chi connectivity index (χ0) is 14.8. The number of ether oxygens (including phenoxy) is 2. The molecule has 0 aliphatic carbocycles. The minimum absolute atomic E-state index is 0.481. The summed E-state index contributed by atoms with van der Waals surface area (Å²) >= 11 is 6.19. The van der Waals surface area contributed by atoms with Gasteiger partial charge in [-0.2, -0.15) is 4.98 Å². The average Bonchev–Trinajstić information content (AvgIpc) is 2.90. The molecular formula is C13H16ClN5O2. The third kappa shape index (κ3) is 2.79. The van der Waals surface area contributed by atoms with Crippen LogP contribution in [0, 0.1) is 0 Å². The number of halogens is 1. The third-order valence-electron chi connectivity index (χ3n) is 3.31. The van der Waals surface area contributed by atoms with Crippen molar-refractivity contribution in [2.45, 2.75) is 0 Å². The minimum atomic E-state index is 0.481. The van der Waals surface area contributed by atoms with Crippen molar-refractivity contribution in [2.24, 2.45) is 7.05 Å². The van der Waals surface area contributed by atoms with E-state index < -0.39 is 0 Å². The first-order chi connectivity index (χ1) is 10.2. The summed E-state index contributed by atoms with van der Waals surface area (Å²) in [5, 5.41) is 4.94. The molecule has 1 saturated heterocycles. The first kappa shape index (κ1) is 14.1. The largest absolute Gasteiger partial charge is 0.481 e. The number of hydrogen-bond donors (Lipinski definition) is 0. The van der Waals surface area contributed by atoms with Gasteiger partial charge in [0, 0.05) is 31.8 Å². The number of aromatic nitrogens is 4. The van der Waals surface area contributed by atoms with E-state index in [0.717, 1.165) is 19.0 Å². The molecule has 1 aliphatic rings. The molecule has 0 saturated carbocycles. The monoisotopic (exact) mass is 309 g/mol. The molecule has 8 heteroatoms. The summed E-state index contributed by atoms with van der Waals surface area (Å²) in [6.45, 7) is 3.01. The zero-order valence-electron chi connectivity index (χ0n) is 11.9. The van der Waals surface area contributed by atoms with Gasteiger partial charge in [-0.05, 0) is 0 Å². The molecule has 0 N–H and O–H groups in total. The Morgan fingerprint density at radius 2 is 2.10 bits per heavy atom. The number of rotatable bonds is 3. The Balaban J connectivity index is 1.96. The lowest BCUT2D eigenvalue weighted by Crippen LogP contribution is -2.37. The smallest absolute Gasteiger partial charge is 0.224 e. The second-order valence-electron chi connectivity index (χ2n) is 4.66. The lowest BCUT2D eigenvalue weighted by atomic mass is 10.2. The Labute approximate surface area is 127 Å². The molecule has 1 aliphatic heterocycles. The highest BCUT2D eigenvalue weighted by atomic mass is 35.5. The van der Waals surface area contributed by atoms with Crippen LogP contribution in [0.5, 0.6) is 5.88 Å². The number of morpholine rings is 1. The van der Waals surface area contributed by atoms with Gasteiger partial charge >= 0.3 is 0 Å². The van der Waals surface area contributed by atoms with Crippen molar-refractivity contribution in [2.75, 3.05) is 38.3 Å². The van der Waals surface area contributed by atoms with Crippen LogP contribution in [-0.4, -0.2) is 53.2 Å². The fraction of sp³-hybridized carbons (Fsp3) is 0.462. The Kier molecular flexibility index (Phi) is 3.94. The quantitative estimate of drug-likeness (QED) is 0.853. The summed E-state index contributed by atoms with van der Waals surface area (Å²) in [6.07, 6.45) is 1.54. The minimum Gasteiger partial charge on any atom is -0.481 e. The van der Waals surface area contributed by atoms with Crippen LogP contribution in [-0.2, 0) is 11.8 Å². The van der Waals surface area contributed by atoms with Crippen molar-refractivity contribution >= 4 is 17.5 Å². The molecule has 3 heterocycles. The van der Waals surface area contributed by atoms with Gasteiger partial charge in [-0.15, -0.1) is 5.10 Å². The highest BCUT2D eigenvalue weighted by molar-refractivity contribution is 6.33. The molecule has 0 bridgehead atoms. The van der Waals surface area contributed by atoms with Crippen LogP contribution in [0.3, 0.4) is 0 Å². The van der Waals surface area contributed by atoms with E-state index >= 15 is 0 Å². The van der Waals surface area contributed by atoms with Gasteiger partial charge in [0.2, 0.25) is 11.8 Å². The normalized spacial score (nSPS) is 15.3. The number of methoxy groups -OCH3 is 1. The van der Waals surface area contributed by atoms with E-state index in [1.54, 1.807) is 24.1 Å². The number of anilines is 1. The number of pyridine rings is 1. The fourth-order valence-corrected chi connectivity index (χ4v) is 2.42.